The van der Waals surface area contributed by atoms with E-state index in [1.54, 1.807) is 24.3 Å². The molecule has 30 heavy (non-hydrogen) atoms. The first kappa shape index (κ1) is 19.4. The third-order valence-corrected chi connectivity index (χ3v) is 5.08. The van der Waals surface area contributed by atoms with Gasteiger partial charge < -0.3 is 10.1 Å². The predicted octanol–water partition coefficient (Wildman–Crippen LogP) is 3.15. The maximum Gasteiger partial charge on any atom is 0.335 e. The Morgan fingerprint density at radius 3 is 2.57 bits per heavy atom. The van der Waals surface area contributed by atoms with Gasteiger partial charge in [0.05, 0.1) is 11.4 Å². The third kappa shape index (κ3) is 3.57. The molecule has 7 nitrogen and oxygen atoms in total. The van der Waals surface area contributed by atoms with Crippen LogP contribution in [0.3, 0.4) is 0 Å². The molecule has 0 bridgehead atoms. The molecule has 4 aromatic rings. The molecule has 2 aromatic carbocycles. The monoisotopic (exact) mass is 402 g/mol. The Kier molecular flexibility index (Phi) is 5.34. The second-order valence-corrected chi connectivity index (χ2v) is 6.92. The summed E-state index contributed by atoms with van der Waals surface area (Å²) < 4.78 is 1.08. The number of rotatable bonds is 6. The lowest BCUT2D eigenvalue weighted by molar-refractivity contribution is 0.429. The van der Waals surface area contributed by atoms with Crippen LogP contribution in [0.4, 0.5) is 0 Å². The highest BCUT2D eigenvalue weighted by molar-refractivity contribution is 6.02. The van der Waals surface area contributed by atoms with E-state index >= 15 is 0 Å². The molecule has 0 saturated carbocycles. The molecule has 0 amide bonds. The van der Waals surface area contributed by atoms with Crippen LogP contribution in [0.15, 0.2) is 75.4 Å². The van der Waals surface area contributed by atoms with Crippen LogP contribution in [-0.2, 0) is 6.42 Å². The van der Waals surface area contributed by atoms with Crippen LogP contribution in [0.5, 0.6) is 5.88 Å². The number of fused-ring (bicyclic) bond motifs is 1. The van der Waals surface area contributed by atoms with Gasteiger partial charge in [-0.2, -0.15) is 0 Å². The number of aromatic amines is 2. The fraction of sp³-hybridized carbons (Fsp3) is 0.174. The Morgan fingerprint density at radius 1 is 1.07 bits per heavy atom. The Hall–Kier alpha value is -3.87. The van der Waals surface area contributed by atoms with E-state index in [-0.39, 0.29) is 5.56 Å². The van der Waals surface area contributed by atoms with E-state index in [1.165, 1.54) is 0 Å². The van der Waals surface area contributed by atoms with Gasteiger partial charge in [-0.3, -0.25) is 14.8 Å². The standard InChI is InChI=1S/C23H22N4O3/c1-2-18(24-13-12-15-14-25-19-11-7-6-10-17(15)19)20-21(28)26-23(30)27(22(20)29)16-8-4-3-5-9-16/h3-11,14,25,29H,2,12-13H2,1H3,(H,26,28,30). The molecule has 0 radical (unpaired) electrons. The highest BCUT2D eigenvalue weighted by Crippen LogP contribution is 2.20. The first-order valence-electron chi connectivity index (χ1n) is 9.82. The molecular formula is C23H22N4O3. The van der Waals surface area contributed by atoms with E-state index < -0.39 is 17.1 Å². The highest BCUT2D eigenvalue weighted by Gasteiger charge is 2.19. The molecule has 0 spiro atoms. The second-order valence-electron chi connectivity index (χ2n) is 6.92. The molecule has 152 valence electrons. The van der Waals surface area contributed by atoms with Gasteiger partial charge in [-0.05, 0) is 36.6 Å². The fourth-order valence-corrected chi connectivity index (χ4v) is 3.62. The summed E-state index contributed by atoms with van der Waals surface area (Å²) in [6.07, 6.45) is 3.09. The van der Waals surface area contributed by atoms with E-state index in [9.17, 15) is 14.7 Å². The third-order valence-electron chi connectivity index (χ3n) is 5.08. The van der Waals surface area contributed by atoms with Gasteiger partial charge in [-0.25, -0.2) is 9.36 Å². The van der Waals surface area contributed by atoms with E-state index in [1.807, 2.05) is 37.4 Å². The van der Waals surface area contributed by atoms with Gasteiger partial charge in [-0.1, -0.05) is 43.3 Å². The van der Waals surface area contributed by atoms with Crippen LogP contribution < -0.4 is 11.2 Å². The van der Waals surface area contributed by atoms with Gasteiger partial charge in [0.1, 0.15) is 5.56 Å². The molecule has 4 rings (SSSR count). The van der Waals surface area contributed by atoms with Crippen LogP contribution in [0.25, 0.3) is 16.6 Å². The van der Waals surface area contributed by atoms with Crippen molar-refractivity contribution in [3.8, 4) is 11.6 Å². The van der Waals surface area contributed by atoms with Gasteiger partial charge in [0.2, 0.25) is 5.88 Å². The van der Waals surface area contributed by atoms with Gasteiger partial charge in [0.25, 0.3) is 5.56 Å². The van der Waals surface area contributed by atoms with Crippen molar-refractivity contribution in [1.29, 1.82) is 0 Å². The molecule has 0 unspecified atom stereocenters. The molecule has 2 heterocycles. The normalized spacial score (nSPS) is 11.8. The number of aromatic nitrogens is 3. The maximum absolute atomic E-state index is 12.5. The summed E-state index contributed by atoms with van der Waals surface area (Å²) in [7, 11) is 0. The number of aliphatic imine (C=N–C) groups is 1. The molecule has 0 aliphatic carbocycles. The Balaban J connectivity index is 1.69. The number of aromatic hydroxyl groups is 1. The van der Waals surface area contributed by atoms with Crippen molar-refractivity contribution in [2.45, 2.75) is 19.8 Å². The summed E-state index contributed by atoms with van der Waals surface area (Å²) in [6, 6.07) is 16.7. The van der Waals surface area contributed by atoms with Crippen LogP contribution in [0.2, 0.25) is 0 Å². The molecule has 0 aliphatic heterocycles. The minimum absolute atomic E-state index is 0.0277. The topological polar surface area (TPSA) is 103 Å². The number of H-pyrrole nitrogens is 2. The first-order chi connectivity index (χ1) is 14.6. The van der Waals surface area contributed by atoms with Gasteiger partial charge in [0.15, 0.2) is 0 Å². The summed E-state index contributed by atoms with van der Waals surface area (Å²) in [5, 5.41) is 11.9. The first-order valence-corrected chi connectivity index (χ1v) is 9.82. The summed E-state index contributed by atoms with van der Waals surface area (Å²) in [5.74, 6) is -0.400. The van der Waals surface area contributed by atoms with Crippen molar-refractivity contribution in [3.05, 3.63) is 92.8 Å². The van der Waals surface area contributed by atoms with Crippen LogP contribution in [0.1, 0.15) is 24.5 Å². The molecule has 0 saturated heterocycles. The van der Waals surface area contributed by atoms with Crippen molar-refractivity contribution < 1.29 is 5.11 Å². The van der Waals surface area contributed by atoms with E-state index in [2.05, 4.69) is 21.0 Å². The number of para-hydroxylation sites is 2. The molecule has 0 atom stereocenters. The summed E-state index contributed by atoms with van der Waals surface area (Å²) in [5.41, 5.74) is 1.82. The fourth-order valence-electron chi connectivity index (χ4n) is 3.62. The lowest BCUT2D eigenvalue weighted by Gasteiger charge is -2.12. The number of nitrogens with zero attached hydrogens (tertiary/aromatic N) is 2. The smallest absolute Gasteiger partial charge is 0.335 e. The lowest BCUT2D eigenvalue weighted by Crippen LogP contribution is -2.33. The van der Waals surface area contributed by atoms with Crippen molar-refractivity contribution in [2.75, 3.05) is 6.54 Å². The Labute approximate surface area is 172 Å². The van der Waals surface area contributed by atoms with Gasteiger partial charge >= 0.3 is 5.69 Å². The highest BCUT2D eigenvalue weighted by atomic mass is 16.3. The molecule has 7 heteroatoms. The van der Waals surface area contributed by atoms with Gasteiger partial charge in [0, 0.05) is 23.6 Å². The second kappa shape index (κ2) is 8.24. The zero-order valence-electron chi connectivity index (χ0n) is 16.6. The number of benzene rings is 2. The average Bonchev–Trinajstić information content (AvgIpc) is 3.16. The maximum atomic E-state index is 12.5. The summed E-state index contributed by atoms with van der Waals surface area (Å²) >= 11 is 0. The van der Waals surface area contributed by atoms with Gasteiger partial charge in [-0.15, -0.1) is 0 Å². The molecule has 3 N–H and O–H groups in total. The van der Waals surface area contributed by atoms with E-state index in [4.69, 9.17) is 0 Å². The number of nitrogens with one attached hydrogen (secondary N) is 2. The zero-order valence-corrected chi connectivity index (χ0v) is 16.6. The molecular weight excluding hydrogens is 380 g/mol. The van der Waals surface area contributed by atoms with Crippen LogP contribution >= 0.6 is 0 Å². The number of hydrogen-bond acceptors (Lipinski definition) is 4. The lowest BCUT2D eigenvalue weighted by atomic mass is 10.1. The van der Waals surface area contributed by atoms with Crippen molar-refractivity contribution >= 4 is 16.6 Å². The van der Waals surface area contributed by atoms with E-state index in [0.717, 1.165) is 21.0 Å². The van der Waals surface area contributed by atoms with Crippen molar-refractivity contribution in [2.24, 2.45) is 4.99 Å². The van der Waals surface area contributed by atoms with Crippen molar-refractivity contribution in [3.63, 3.8) is 0 Å². The SMILES string of the molecule is CCC(=NCCc1c[nH]c2ccccc12)c1c(O)n(-c2ccccc2)c(=O)[nH]c1=O. The van der Waals surface area contributed by atoms with Crippen LogP contribution in [-0.4, -0.2) is 31.9 Å². The molecule has 0 fully saturated rings. The Bertz CT molecular complexity index is 1330. The van der Waals surface area contributed by atoms with Crippen molar-refractivity contribution in [1.82, 2.24) is 14.5 Å². The average molecular weight is 402 g/mol. The molecule has 0 aliphatic rings. The summed E-state index contributed by atoms with van der Waals surface area (Å²) in [6.45, 7) is 2.32. The minimum Gasteiger partial charge on any atom is -0.493 e. The predicted molar refractivity (Wildman–Crippen MR) is 118 cm³/mol. The largest absolute Gasteiger partial charge is 0.493 e. The minimum atomic E-state index is -0.693. The molecule has 2 aromatic heterocycles. The zero-order chi connectivity index (χ0) is 21.1. The van der Waals surface area contributed by atoms with E-state index in [0.29, 0.717) is 30.8 Å². The summed E-state index contributed by atoms with van der Waals surface area (Å²) in [4.78, 5) is 34.9. The van der Waals surface area contributed by atoms with Crippen LogP contribution in [0, 0.1) is 0 Å². The quantitative estimate of drug-likeness (QED) is 0.432. The number of hydrogen-bond donors (Lipinski definition) is 3. The Morgan fingerprint density at radius 2 is 1.80 bits per heavy atom.